The Morgan fingerprint density at radius 1 is 1.05 bits per heavy atom. The lowest BCUT2D eigenvalue weighted by atomic mass is 10.1. The summed E-state index contributed by atoms with van der Waals surface area (Å²) in [5.41, 5.74) is 5.88. The number of nitrogens with two attached hydrogens (primary N) is 1. The van der Waals surface area contributed by atoms with Gasteiger partial charge in [-0.15, -0.1) is 0 Å². The second kappa shape index (κ2) is 6.43. The first kappa shape index (κ1) is 14.3. The number of aliphatic hydroxyl groups is 1. The van der Waals surface area contributed by atoms with Crippen LogP contribution in [0.3, 0.4) is 0 Å². The summed E-state index contributed by atoms with van der Waals surface area (Å²) in [6, 6.07) is 0.408. The average Bonchev–Trinajstić information content (AvgIpc) is 3.15. The van der Waals surface area contributed by atoms with E-state index in [2.05, 4.69) is 24.8 Å². The van der Waals surface area contributed by atoms with Gasteiger partial charge in [-0.05, 0) is 38.5 Å². The van der Waals surface area contributed by atoms with E-state index in [0.29, 0.717) is 23.9 Å². The molecule has 0 spiro atoms. The molecule has 0 radical (unpaired) electrons. The number of nitrogen functional groups attached to an aromatic ring is 1. The fraction of sp³-hybridized carbons (Fsp3) is 0.786. The van der Waals surface area contributed by atoms with Gasteiger partial charge in [0.2, 0.25) is 17.8 Å². The second-order valence-electron chi connectivity index (χ2n) is 5.84. The molecule has 1 unspecified atom stereocenters. The Bertz CT molecular complexity index is 477. The zero-order valence-electron chi connectivity index (χ0n) is 12.4. The predicted octanol–water partition coefficient (Wildman–Crippen LogP) is 0.795. The van der Waals surface area contributed by atoms with Gasteiger partial charge in [0.1, 0.15) is 0 Å². The van der Waals surface area contributed by atoms with Crippen molar-refractivity contribution >= 4 is 17.8 Å². The van der Waals surface area contributed by atoms with Gasteiger partial charge in [0.15, 0.2) is 0 Å². The number of aliphatic hydroxyl groups excluding tert-OH is 1. The number of nitrogens with zero attached hydrogens (tertiary/aromatic N) is 5. The Labute approximate surface area is 125 Å². The molecule has 1 atom stereocenters. The van der Waals surface area contributed by atoms with Crippen LogP contribution in [0.5, 0.6) is 0 Å². The van der Waals surface area contributed by atoms with Crippen molar-refractivity contribution in [2.24, 2.45) is 0 Å². The Balaban J connectivity index is 1.80. The average molecular weight is 292 g/mol. The number of anilines is 3. The molecule has 21 heavy (non-hydrogen) atoms. The standard InChI is InChI=1S/C14H24N6O/c15-12-16-13(19-7-1-2-8-19)18-14(17-12)20-9-3-5-11(20)6-4-10-21/h11,21H,1-10H2,(H2,15,16,17,18). The van der Waals surface area contributed by atoms with Crippen molar-refractivity contribution in [1.82, 2.24) is 15.0 Å². The minimum Gasteiger partial charge on any atom is -0.396 e. The molecular weight excluding hydrogens is 268 g/mol. The van der Waals surface area contributed by atoms with Gasteiger partial charge in [-0.3, -0.25) is 0 Å². The van der Waals surface area contributed by atoms with E-state index < -0.39 is 0 Å². The van der Waals surface area contributed by atoms with Crippen LogP contribution in [0.15, 0.2) is 0 Å². The fourth-order valence-corrected chi connectivity index (χ4v) is 3.28. The van der Waals surface area contributed by atoms with E-state index in [1.165, 1.54) is 12.8 Å². The molecule has 0 aromatic carbocycles. The lowest BCUT2D eigenvalue weighted by molar-refractivity contribution is 0.279. The van der Waals surface area contributed by atoms with Crippen LogP contribution in [-0.2, 0) is 0 Å². The summed E-state index contributed by atoms with van der Waals surface area (Å²) < 4.78 is 0. The molecule has 1 aromatic heterocycles. The molecule has 2 aliphatic heterocycles. The largest absolute Gasteiger partial charge is 0.396 e. The van der Waals surface area contributed by atoms with Gasteiger partial charge in [-0.25, -0.2) is 0 Å². The van der Waals surface area contributed by atoms with Crippen LogP contribution >= 0.6 is 0 Å². The predicted molar refractivity (Wildman–Crippen MR) is 82.4 cm³/mol. The molecule has 3 heterocycles. The second-order valence-corrected chi connectivity index (χ2v) is 5.84. The lowest BCUT2D eigenvalue weighted by Gasteiger charge is -2.25. The summed E-state index contributed by atoms with van der Waals surface area (Å²) in [6.45, 7) is 3.19. The SMILES string of the molecule is Nc1nc(N2CCCC2)nc(N2CCCC2CCCO)n1. The minimum atomic E-state index is 0.239. The lowest BCUT2D eigenvalue weighted by Crippen LogP contribution is -2.32. The highest BCUT2D eigenvalue weighted by Gasteiger charge is 2.27. The normalized spacial score (nSPS) is 22.2. The van der Waals surface area contributed by atoms with Gasteiger partial charge < -0.3 is 20.6 Å². The van der Waals surface area contributed by atoms with Crippen LogP contribution in [0.2, 0.25) is 0 Å². The summed E-state index contributed by atoms with van der Waals surface area (Å²) in [7, 11) is 0. The maximum atomic E-state index is 9.03. The van der Waals surface area contributed by atoms with Gasteiger partial charge in [0.05, 0.1) is 0 Å². The molecule has 7 nitrogen and oxygen atoms in total. The highest BCUT2D eigenvalue weighted by molar-refractivity contribution is 5.45. The summed E-state index contributed by atoms with van der Waals surface area (Å²) in [5, 5.41) is 9.03. The molecule has 2 saturated heterocycles. The van der Waals surface area contributed by atoms with Crippen LogP contribution in [0.4, 0.5) is 17.8 Å². The topological polar surface area (TPSA) is 91.4 Å². The fourth-order valence-electron chi connectivity index (χ4n) is 3.28. The Morgan fingerprint density at radius 2 is 1.81 bits per heavy atom. The summed E-state index contributed by atoms with van der Waals surface area (Å²) in [4.78, 5) is 17.7. The van der Waals surface area contributed by atoms with Gasteiger partial charge in [0, 0.05) is 32.3 Å². The zero-order chi connectivity index (χ0) is 14.7. The van der Waals surface area contributed by atoms with Gasteiger partial charge >= 0.3 is 0 Å². The molecule has 1 aromatic rings. The highest BCUT2D eigenvalue weighted by Crippen LogP contribution is 2.27. The van der Waals surface area contributed by atoms with Crippen LogP contribution in [-0.4, -0.2) is 52.3 Å². The van der Waals surface area contributed by atoms with Gasteiger partial charge in [-0.2, -0.15) is 15.0 Å². The van der Waals surface area contributed by atoms with E-state index in [9.17, 15) is 0 Å². The number of rotatable bonds is 5. The Morgan fingerprint density at radius 3 is 2.57 bits per heavy atom. The summed E-state index contributed by atoms with van der Waals surface area (Å²) in [6.07, 6.45) is 6.43. The van der Waals surface area contributed by atoms with Crippen molar-refractivity contribution in [1.29, 1.82) is 0 Å². The summed E-state index contributed by atoms with van der Waals surface area (Å²) >= 11 is 0. The van der Waals surface area contributed by atoms with Crippen molar-refractivity contribution in [3.05, 3.63) is 0 Å². The van der Waals surface area contributed by atoms with E-state index in [0.717, 1.165) is 45.3 Å². The van der Waals surface area contributed by atoms with Crippen LogP contribution in [0.25, 0.3) is 0 Å². The molecule has 3 N–H and O–H groups in total. The Hall–Kier alpha value is -1.63. The van der Waals surface area contributed by atoms with Gasteiger partial charge in [0.25, 0.3) is 0 Å². The minimum absolute atomic E-state index is 0.239. The van der Waals surface area contributed by atoms with Crippen LogP contribution in [0.1, 0.15) is 38.5 Å². The molecular formula is C14H24N6O. The third-order valence-electron chi connectivity index (χ3n) is 4.35. The maximum absolute atomic E-state index is 9.03. The van der Waals surface area contributed by atoms with E-state index >= 15 is 0 Å². The zero-order valence-corrected chi connectivity index (χ0v) is 12.4. The quantitative estimate of drug-likeness (QED) is 0.829. The van der Waals surface area contributed by atoms with Crippen molar-refractivity contribution in [3.8, 4) is 0 Å². The maximum Gasteiger partial charge on any atom is 0.232 e. The van der Waals surface area contributed by atoms with E-state index in [-0.39, 0.29) is 6.61 Å². The first-order chi connectivity index (χ1) is 10.3. The van der Waals surface area contributed by atoms with E-state index in [1.54, 1.807) is 0 Å². The molecule has 0 bridgehead atoms. The first-order valence-electron chi connectivity index (χ1n) is 7.92. The monoisotopic (exact) mass is 292 g/mol. The van der Waals surface area contributed by atoms with Crippen LogP contribution in [0, 0.1) is 0 Å². The molecule has 3 rings (SSSR count). The third kappa shape index (κ3) is 3.18. The van der Waals surface area contributed by atoms with Crippen molar-refractivity contribution in [2.45, 2.75) is 44.6 Å². The molecule has 116 valence electrons. The van der Waals surface area contributed by atoms with Crippen molar-refractivity contribution in [3.63, 3.8) is 0 Å². The molecule has 0 aliphatic carbocycles. The van der Waals surface area contributed by atoms with Crippen molar-refractivity contribution in [2.75, 3.05) is 41.8 Å². The van der Waals surface area contributed by atoms with E-state index in [1.807, 2.05) is 0 Å². The molecule has 0 saturated carbocycles. The number of hydrogen-bond acceptors (Lipinski definition) is 7. The smallest absolute Gasteiger partial charge is 0.232 e. The van der Waals surface area contributed by atoms with E-state index in [4.69, 9.17) is 10.8 Å². The third-order valence-corrected chi connectivity index (χ3v) is 4.35. The van der Waals surface area contributed by atoms with Gasteiger partial charge in [-0.1, -0.05) is 0 Å². The molecule has 2 aliphatic rings. The molecule has 7 heteroatoms. The summed E-state index contributed by atoms with van der Waals surface area (Å²) in [5.74, 6) is 1.71. The highest BCUT2D eigenvalue weighted by atomic mass is 16.2. The van der Waals surface area contributed by atoms with Crippen molar-refractivity contribution < 1.29 is 5.11 Å². The Kier molecular flexibility index (Phi) is 4.38. The molecule has 2 fully saturated rings. The number of hydrogen-bond donors (Lipinski definition) is 2. The molecule has 0 amide bonds. The first-order valence-corrected chi connectivity index (χ1v) is 7.92. The number of aromatic nitrogens is 3. The van der Waals surface area contributed by atoms with Crippen LogP contribution < -0.4 is 15.5 Å².